The minimum absolute atomic E-state index is 0.597. The molecule has 1 atom stereocenters. The second-order valence-corrected chi connectivity index (χ2v) is 11.0. The van der Waals surface area contributed by atoms with Crippen LogP contribution in [0.1, 0.15) is 187 Å². The van der Waals surface area contributed by atoms with Crippen LogP contribution in [0.3, 0.4) is 0 Å². The summed E-state index contributed by atoms with van der Waals surface area (Å²) < 4.78 is 5.71. The van der Waals surface area contributed by atoms with E-state index in [9.17, 15) is 9.90 Å². The minimum atomic E-state index is -0.779. The average Bonchev–Trinajstić information content (AvgIpc) is 2.85. The molecular weight excluding hydrogens is 432 g/mol. The van der Waals surface area contributed by atoms with Crippen LogP contribution in [-0.2, 0) is 9.53 Å². The Morgan fingerprint density at radius 3 is 1.09 bits per heavy atom. The molecule has 210 valence electrons. The van der Waals surface area contributed by atoms with Gasteiger partial charge in [-0.25, -0.2) is 4.79 Å². The molecule has 3 nitrogen and oxygen atoms in total. The summed E-state index contributed by atoms with van der Waals surface area (Å²) in [4.78, 5) is 11.5. The first-order valence-electron chi connectivity index (χ1n) is 16.1. The molecule has 0 spiro atoms. The molecule has 0 bridgehead atoms. The number of aliphatic carboxylic acids is 1. The topological polar surface area (TPSA) is 46.5 Å². The van der Waals surface area contributed by atoms with Crippen LogP contribution in [0, 0.1) is 0 Å². The predicted molar refractivity (Wildman–Crippen MR) is 153 cm³/mol. The van der Waals surface area contributed by atoms with Gasteiger partial charge in [0.1, 0.15) is 0 Å². The zero-order valence-electron chi connectivity index (χ0n) is 24.1. The van der Waals surface area contributed by atoms with Crippen molar-refractivity contribution in [3.63, 3.8) is 0 Å². The standard InChI is InChI=1S/C32H64O3/c1-3-5-7-9-11-13-15-17-18-20-22-24-26-28-30-35-31(32(33)34)29-27-25-23-21-19-16-14-12-10-8-6-4-2/h31H,3-30H2,1-2H3,(H,33,34). The van der Waals surface area contributed by atoms with E-state index in [1.54, 1.807) is 0 Å². The van der Waals surface area contributed by atoms with Crippen molar-refractivity contribution in [3.8, 4) is 0 Å². The van der Waals surface area contributed by atoms with E-state index in [0.717, 1.165) is 19.3 Å². The maximum atomic E-state index is 11.5. The third-order valence-electron chi connectivity index (χ3n) is 7.41. The first-order chi connectivity index (χ1) is 17.2. The van der Waals surface area contributed by atoms with Gasteiger partial charge in [-0.05, 0) is 12.8 Å². The van der Waals surface area contributed by atoms with Gasteiger partial charge in [0.05, 0.1) is 0 Å². The van der Waals surface area contributed by atoms with E-state index in [0.29, 0.717) is 13.0 Å². The molecule has 1 unspecified atom stereocenters. The van der Waals surface area contributed by atoms with E-state index >= 15 is 0 Å². The molecule has 0 rings (SSSR count). The predicted octanol–water partition coefficient (Wildman–Crippen LogP) is 11.0. The van der Waals surface area contributed by atoms with Crippen molar-refractivity contribution in [2.75, 3.05) is 6.61 Å². The fraction of sp³-hybridized carbons (Fsp3) is 0.969. The molecule has 0 saturated heterocycles. The van der Waals surface area contributed by atoms with Crippen LogP contribution in [0.2, 0.25) is 0 Å². The van der Waals surface area contributed by atoms with Gasteiger partial charge in [0.25, 0.3) is 0 Å². The van der Waals surface area contributed by atoms with Gasteiger partial charge in [-0.1, -0.05) is 174 Å². The molecule has 0 aromatic heterocycles. The quantitative estimate of drug-likeness (QED) is 0.101. The van der Waals surface area contributed by atoms with Crippen LogP contribution >= 0.6 is 0 Å². The normalized spacial score (nSPS) is 12.3. The Balaban J connectivity index is 3.39. The largest absolute Gasteiger partial charge is 0.479 e. The Hall–Kier alpha value is -0.570. The van der Waals surface area contributed by atoms with E-state index in [4.69, 9.17) is 4.74 Å². The van der Waals surface area contributed by atoms with Gasteiger partial charge in [-0.15, -0.1) is 0 Å². The Kier molecular flexibility index (Phi) is 29.2. The first kappa shape index (κ1) is 34.4. The van der Waals surface area contributed by atoms with Gasteiger partial charge in [-0.3, -0.25) is 0 Å². The average molecular weight is 497 g/mol. The lowest BCUT2D eigenvalue weighted by molar-refractivity contribution is -0.151. The third-order valence-corrected chi connectivity index (χ3v) is 7.41. The van der Waals surface area contributed by atoms with Crippen molar-refractivity contribution in [1.82, 2.24) is 0 Å². The number of hydrogen-bond donors (Lipinski definition) is 1. The highest BCUT2D eigenvalue weighted by atomic mass is 16.5. The molecule has 0 fully saturated rings. The maximum Gasteiger partial charge on any atom is 0.332 e. The number of unbranched alkanes of at least 4 members (excludes halogenated alkanes) is 24. The Morgan fingerprint density at radius 2 is 0.771 bits per heavy atom. The first-order valence-corrected chi connectivity index (χ1v) is 16.1. The second kappa shape index (κ2) is 29.7. The summed E-state index contributed by atoms with van der Waals surface area (Å²) in [5, 5.41) is 9.44. The van der Waals surface area contributed by atoms with Crippen LogP contribution in [0.5, 0.6) is 0 Å². The van der Waals surface area contributed by atoms with Crippen LogP contribution in [0.15, 0.2) is 0 Å². The zero-order chi connectivity index (χ0) is 25.7. The molecule has 0 heterocycles. The molecule has 0 aliphatic carbocycles. The summed E-state index contributed by atoms with van der Waals surface area (Å²) in [6, 6.07) is 0. The SMILES string of the molecule is CCCCCCCCCCCCCCCCOC(CCCCCCCCCCCCCC)C(=O)O. The molecule has 35 heavy (non-hydrogen) atoms. The smallest absolute Gasteiger partial charge is 0.332 e. The maximum absolute atomic E-state index is 11.5. The van der Waals surface area contributed by atoms with E-state index in [1.807, 2.05) is 0 Å². The lowest BCUT2D eigenvalue weighted by Gasteiger charge is -2.13. The molecule has 1 N–H and O–H groups in total. The van der Waals surface area contributed by atoms with E-state index in [-0.39, 0.29) is 0 Å². The number of carboxylic acids is 1. The molecule has 0 radical (unpaired) electrons. The molecule has 0 aromatic rings. The number of hydrogen-bond acceptors (Lipinski definition) is 2. The third kappa shape index (κ3) is 27.9. The van der Waals surface area contributed by atoms with Crippen molar-refractivity contribution in [1.29, 1.82) is 0 Å². The highest BCUT2D eigenvalue weighted by Crippen LogP contribution is 2.15. The molecule has 0 aliphatic rings. The molecule has 0 aliphatic heterocycles. The Morgan fingerprint density at radius 1 is 0.486 bits per heavy atom. The van der Waals surface area contributed by atoms with Gasteiger partial charge in [0.2, 0.25) is 0 Å². The highest BCUT2D eigenvalue weighted by molar-refractivity contribution is 5.72. The summed E-state index contributed by atoms with van der Waals surface area (Å²) in [6.45, 7) is 5.15. The Bertz CT molecular complexity index is 410. The number of ether oxygens (including phenoxy) is 1. The highest BCUT2D eigenvalue weighted by Gasteiger charge is 2.17. The molecule has 0 amide bonds. The lowest BCUT2D eigenvalue weighted by Crippen LogP contribution is -2.24. The fourth-order valence-corrected chi connectivity index (χ4v) is 4.97. The molecule has 0 aromatic carbocycles. The van der Waals surface area contributed by atoms with Gasteiger partial charge in [0, 0.05) is 6.61 Å². The number of rotatable bonds is 30. The molecule has 3 heteroatoms. The zero-order valence-corrected chi connectivity index (χ0v) is 24.1. The molecule has 0 saturated carbocycles. The van der Waals surface area contributed by atoms with Gasteiger partial charge in [0.15, 0.2) is 6.10 Å². The van der Waals surface area contributed by atoms with Gasteiger partial charge in [-0.2, -0.15) is 0 Å². The van der Waals surface area contributed by atoms with E-state index in [2.05, 4.69) is 13.8 Å². The summed E-state index contributed by atoms with van der Waals surface area (Å²) in [7, 11) is 0. The number of carbonyl (C=O) groups is 1. The van der Waals surface area contributed by atoms with Crippen molar-refractivity contribution in [3.05, 3.63) is 0 Å². The van der Waals surface area contributed by atoms with Crippen molar-refractivity contribution < 1.29 is 14.6 Å². The number of carboxylic acid groups (broad SMARTS) is 1. The summed E-state index contributed by atoms with van der Waals surface area (Å²) >= 11 is 0. The Labute approximate surface area is 220 Å². The fourth-order valence-electron chi connectivity index (χ4n) is 4.97. The summed E-state index contributed by atoms with van der Waals surface area (Å²) in [5.41, 5.74) is 0. The van der Waals surface area contributed by atoms with Crippen molar-refractivity contribution in [2.45, 2.75) is 193 Å². The van der Waals surface area contributed by atoms with Gasteiger partial charge >= 0.3 is 5.97 Å². The second-order valence-electron chi connectivity index (χ2n) is 11.0. The van der Waals surface area contributed by atoms with E-state index < -0.39 is 12.1 Å². The molecular formula is C32H64O3. The minimum Gasteiger partial charge on any atom is -0.479 e. The van der Waals surface area contributed by atoms with E-state index in [1.165, 1.54) is 148 Å². The van der Waals surface area contributed by atoms with Gasteiger partial charge < -0.3 is 9.84 Å². The van der Waals surface area contributed by atoms with Crippen LogP contribution < -0.4 is 0 Å². The van der Waals surface area contributed by atoms with Crippen LogP contribution in [0.4, 0.5) is 0 Å². The lowest BCUT2D eigenvalue weighted by atomic mass is 10.0. The summed E-state index contributed by atoms with van der Waals surface area (Å²) in [6.07, 6.45) is 34.5. The summed E-state index contributed by atoms with van der Waals surface area (Å²) in [5.74, 6) is -0.779. The monoisotopic (exact) mass is 496 g/mol. The van der Waals surface area contributed by atoms with Crippen LogP contribution in [-0.4, -0.2) is 23.8 Å². The van der Waals surface area contributed by atoms with Crippen molar-refractivity contribution >= 4 is 5.97 Å². The van der Waals surface area contributed by atoms with Crippen molar-refractivity contribution in [2.24, 2.45) is 0 Å². The van der Waals surface area contributed by atoms with Crippen LogP contribution in [0.25, 0.3) is 0 Å².